The van der Waals surface area contributed by atoms with Gasteiger partial charge in [-0.1, -0.05) is 13.8 Å². The van der Waals surface area contributed by atoms with Crippen molar-refractivity contribution in [3.63, 3.8) is 0 Å². The van der Waals surface area contributed by atoms with Crippen molar-refractivity contribution in [3.8, 4) is 5.88 Å². The zero-order valence-corrected chi connectivity index (χ0v) is 10.8. The largest absolute Gasteiger partial charge is 0.472 e. The van der Waals surface area contributed by atoms with Crippen LogP contribution in [0.1, 0.15) is 39.4 Å². The Morgan fingerprint density at radius 2 is 2.12 bits per heavy atom. The minimum absolute atomic E-state index is 0.121. The maximum Gasteiger partial charge on any atom is 0.254 e. The van der Waals surface area contributed by atoms with Crippen LogP contribution < -0.4 is 10.3 Å². The third-order valence-electron chi connectivity index (χ3n) is 2.16. The molecule has 1 rings (SSSR count). The fraction of sp³-hybridized carbons (Fsp3) is 0.667. The van der Waals surface area contributed by atoms with Crippen molar-refractivity contribution in [1.82, 2.24) is 9.97 Å². The molecule has 1 N–H and O–H groups in total. The van der Waals surface area contributed by atoms with Crippen LogP contribution in [0.2, 0.25) is 0 Å². The molecule has 0 bridgehead atoms. The molecule has 96 valence electrons. The number of aromatic amines is 1. The Bertz CT molecular complexity index is 401. The molecule has 1 aromatic heterocycles. The summed E-state index contributed by atoms with van der Waals surface area (Å²) in [6, 6.07) is 1.36. The van der Waals surface area contributed by atoms with Gasteiger partial charge in [0.15, 0.2) is 0 Å². The van der Waals surface area contributed by atoms with Crippen LogP contribution >= 0.6 is 0 Å². The molecule has 0 aliphatic rings. The number of nitrogens with one attached hydrogen (secondary N) is 1. The van der Waals surface area contributed by atoms with Gasteiger partial charge in [-0.05, 0) is 13.8 Å². The summed E-state index contributed by atoms with van der Waals surface area (Å²) < 4.78 is 10.8. The van der Waals surface area contributed by atoms with E-state index in [9.17, 15) is 4.79 Å². The highest BCUT2D eigenvalue weighted by Crippen LogP contribution is 2.11. The fourth-order valence-corrected chi connectivity index (χ4v) is 1.31. The topological polar surface area (TPSA) is 64.2 Å². The molecule has 0 saturated heterocycles. The molecule has 0 aliphatic carbocycles. The number of H-pyrrole nitrogens is 1. The Kier molecular flexibility index (Phi) is 5.15. The van der Waals surface area contributed by atoms with Gasteiger partial charge in [-0.2, -0.15) is 4.98 Å². The van der Waals surface area contributed by atoms with Crippen molar-refractivity contribution in [2.24, 2.45) is 0 Å². The van der Waals surface area contributed by atoms with Gasteiger partial charge >= 0.3 is 0 Å². The lowest BCUT2D eigenvalue weighted by Gasteiger charge is -2.14. The number of hydrogen-bond acceptors (Lipinski definition) is 4. The highest BCUT2D eigenvalue weighted by atomic mass is 16.5. The zero-order valence-electron chi connectivity index (χ0n) is 10.8. The number of hydrogen-bond donors (Lipinski definition) is 1. The van der Waals surface area contributed by atoms with Crippen LogP contribution in [-0.2, 0) is 4.74 Å². The summed E-state index contributed by atoms with van der Waals surface area (Å²) in [7, 11) is 0. The molecule has 1 aromatic rings. The molecule has 1 unspecified atom stereocenters. The van der Waals surface area contributed by atoms with E-state index in [2.05, 4.69) is 9.97 Å². The van der Waals surface area contributed by atoms with E-state index < -0.39 is 0 Å². The zero-order chi connectivity index (χ0) is 12.8. The molecule has 5 nitrogen and oxygen atoms in total. The molecular weight excluding hydrogens is 220 g/mol. The number of ether oxygens (including phenoxy) is 2. The highest BCUT2D eigenvalue weighted by molar-refractivity contribution is 5.10. The van der Waals surface area contributed by atoms with Gasteiger partial charge in [0.2, 0.25) is 5.88 Å². The average Bonchev–Trinajstić information content (AvgIpc) is 2.25. The Morgan fingerprint density at radius 3 is 2.71 bits per heavy atom. The third kappa shape index (κ3) is 4.56. The van der Waals surface area contributed by atoms with Crippen LogP contribution in [0.5, 0.6) is 5.88 Å². The van der Waals surface area contributed by atoms with E-state index in [4.69, 9.17) is 9.47 Å². The van der Waals surface area contributed by atoms with Crippen LogP contribution in [0, 0.1) is 0 Å². The maximum absolute atomic E-state index is 11.4. The van der Waals surface area contributed by atoms with Gasteiger partial charge < -0.3 is 14.5 Å². The monoisotopic (exact) mass is 240 g/mol. The molecule has 0 radical (unpaired) electrons. The molecule has 0 amide bonds. The summed E-state index contributed by atoms with van der Waals surface area (Å²) in [5.41, 5.74) is -0.192. The highest BCUT2D eigenvalue weighted by Gasteiger charge is 2.09. The Hall–Kier alpha value is -1.36. The van der Waals surface area contributed by atoms with E-state index in [1.54, 1.807) is 0 Å². The minimum Gasteiger partial charge on any atom is -0.472 e. The summed E-state index contributed by atoms with van der Waals surface area (Å²) >= 11 is 0. The Labute approximate surface area is 101 Å². The van der Waals surface area contributed by atoms with Crippen LogP contribution in [-0.4, -0.2) is 29.3 Å². The van der Waals surface area contributed by atoms with E-state index in [1.165, 1.54) is 6.07 Å². The lowest BCUT2D eigenvalue weighted by Crippen LogP contribution is -2.22. The molecule has 0 aromatic carbocycles. The first-order valence-corrected chi connectivity index (χ1v) is 5.88. The van der Waals surface area contributed by atoms with E-state index >= 15 is 0 Å². The summed E-state index contributed by atoms with van der Waals surface area (Å²) in [5.74, 6) is 1.15. The van der Waals surface area contributed by atoms with E-state index in [0.29, 0.717) is 24.9 Å². The molecule has 0 spiro atoms. The van der Waals surface area contributed by atoms with Crippen molar-refractivity contribution in [3.05, 3.63) is 22.2 Å². The number of nitrogens with zero attached hydrogens (tertiary/aromatic N) is 1. The summed E-state index contributed by atoms with van der Waals surface area (Å²) in [6.07, 6.45) is -0.121. The Balaban J connectivity index is 2.73. The lowest BCUT2D eigenvalue weighted by molar-refractivity contribution is 0.0630. The van der Waals surface area contributed by atoms with Crippen molar-refractivity contribution >= 4 is 0 Å². The SMILES string of the molecule is CCOCC(C)Oc1cc(=O)[nH]c(C(C)C)n1. The summed E-state index contributed by atoms with van der Waals surface area (Å²) in [4.78, 5) is 18.3. The maximum atomic E-state index is 11.4. The van der Waals surface area contributed by atoms with E-state index in [1.807, 2.05) is 27.7 Å². The molecule has 5 heteroatoms. The average molecular weight is 240 g/mol. The van der Waals surface area contributed by atoms with Crippen LogP contribution in [0.15, 0.2) is 10.9 Å². The van der Waals surface area contributed by atoms with Crippen molar-refractivity contribution in [2.75, 3.05) is 13.2 Å². The molecule has 17 heavy (non-hydrogen) atoms. The quantitative estimate of drug-likeness (QED) is 0.822. The summed E-state index contributed by atoms with van der Waals surface area (Å²) in [5, 5.41) is 0. The van der Waals surface area contributed by atoms with Gasteiger partial charge in [0, 0.05) is 12.5 Å². The van der Waals surface area contributed by atoms with Crippen LogP contribution in [0.4, 0.5) is 0 Å². The standard InChI is InChI=1S/C12H20N2O3/c1-5-16-7-9(4)17-11-6-10(15)13-12(14-11)8(2)3/h6,8-9H,5,7H2,1-4H3,(H,13,14,15). The first kappa shape index (κ1) is 13.7. The second-order valence-electron chi connectivity index (χ2n) is 4.21. The molecule has 1 atom stereocenters. The van der Waals surface area contributed by atoms with Gasteiger partial charge in [0.05, 0.1) is 12.7 Å². The first-order chi connectivity index (χ1) is 8.02. The van der Waals surface area contributed by atoms with Gasteiger partial charge in [-0.25, -0.2) is 0 Å². The van der Waals surface area contributed by atoms with E-state index in [0.717, 1.165) is 0 Å². The van der Waals surface area contributed by atoms with Gasteiger partial charge in [-0.3, -0.25) is 4.79 Å². The van der Waals surface area contributed by atoms with Gasteiger partial charge in [0.1, 0.15) is 11.9 Å². The smallest absolute Gasteiger partial charge is 0.254 e. The molecule has 1 heterocycles. The third-order valence-corrected chi connectivity index (χ3v) is 2.16. The lowest BCUT2D eigenvalue weighted by atomic mass is 10.2. The van der Waals surface area contributed by atoms with Crippen LogP contribution in [0.25, 0.3) is 0 Å². The Morgan fingerprint density at radius 1 is 1.41 bits per heavy atom. The predicted molar refractivity (Wildman–Crippen MR) is 65.5 cm³/mol. The number of rotatable bonds is 6. The van der Waals surface area contributed by atoms with Crippen LogP contribution in [0.3, 0.4) is 0 Å². The minimum atomic E-state index is -0.192. The number of aromatic nitrogens is 2. The molecule has 0 saturated carbocycles. The fourth-order valence-electron chi connectivity index (χ4n) is 1.31. The van der Waals surface area contributed by atoms with Crippen molar-refractivity contribution in [1.29, 1.82) is 0 Å². The summed E-state index contributed by atoms with van der Waals surface area (Å²) in [6.45, 7) is 8.87. The van der Waals surface area contributed by atoms with E-state index in [-0.39, 0.29) is 17.6 Å². The van der Waals surface area contributed by atoms with Gasteiger partial charge in [0.25, 0.3) is 5.56 Å². The molecule has 0 fully saturated rings. The molecule has 0 aliphatic heterocycles. The van der Waals surface area contributed by atoms with Crippen molar-refractivity contribution in [2.45, 2.75) is 39.7 Å². The van der Waals surface area contributed by atoms with Crippen molar-refractivity contribution < 1.29 is 9.47 Å². The molecular formula is C12H20N2O3. The normalized spacial score (nSPS) is 12.8. The second-order valence-corrected chi connectivity index (χ2v) is 4.21. The first-order valence-electron chi connectivity index (χ1n) is 5.88. The second kappa shape index (κ2) is 6.39. The predicted octanol–water partition coefficient (Wildman–Crippen LogP) is 1.70. The van der Waals surface area contributed by atoms with Gasteiger partial charge in [-0.15, -0.1) is 0 Å².